The van der Waals surface area contributed by atoms with Crippen LogP contribution in [-0.4, -0.2) is 16.8 Å². The molecule has 0 aliphatic carbocycles. The maximum absolute atomic E-state index is 13.8. The Kier molecular flexibility index (Phi) is 5.27. The zero-order chi connectivity index (χ0) is 21.3. The molecule has 1 aliphatic rings. The van der Waals surface area contributed by atoms with E-state index >= 15 is 0 Å². The van der Waals surface area contributed by atoms with Gasteiger partial charge in [-0.1, -0.05) is 17.7 Å². The number of nitrogens with zero attached hydrogens (tertiary/aromatic N) is 2. The number of amides is 2. The molecule has 2 aromatic carbocycles. The van der Waals surface area contributed by atoms with Crippen molar-refractivity contribution < 1.29 is 18.4 Å². The highest BCUT2D eigenvalue weighted by Gasteiger charge is 2.39. The van der Waals surface area contributed by atoms with Crippen molar-refractivity contribution >= 4 is 17.5 Å². The molecule has 1 aliphatic heterocycles. The third-order valence-corrected chi connectivity index (χ3v) is 5.09. The molecule has 152 valence electrons. The first-order valence-corrected chi connectivity index (χ1v) is 9.50. The van der Waals surface area contributed by atoms with E-state index in [1.165, 1.54) is 0 Å². The Balaban J connectivity index is 1.56. The lowest BCUT2D eigenvalue weighted by molar-refractivity contribution is -0.121. The van der Waals surface area contributed by atoms with Gasteiger partial charge in [-0.15, -0.1) is 0 Å². The van der Waals surface area contributed by atoms with Gasteiger partial charge in [0, 0.05) is 24.0 Å². The number of anilines is 1. The molecule has 3 aromatic rings. The fourth-order valence-electron chi connectivity index (χ4n) is 3.57. The van der Waals surface area contributed by atoms with E-state index in [1.807, 2.05) is 31.2 Å². The van der Waals surface area contributed by atoms with Crippen LogP contribution in [-0.2, 0) is 11.3 Å². The van der Waals surface area contributed by atoms with Gasteiger partial charge in [0.25, 0.3) is 5.91 Å². The molecule has 30 heavy (non-hydrogen) atoms. The molecule has 0 bridgehead atoms. The van der Waals surface area contributed by atoms with Crippen LogP contribution in [0.5, 0.6) is 0 Å². The molecule has 2 heterocycles. The van der Waals surface area contributed by atoms with Crippen molar-refractivity contribution in [1.82, 2.24) is 10.3 Å². The topological polar surface area (TPSA) is 62.3 Å². The Labute approximate surface area is 172 Å². The van der Waals surface area contributed by atoms with E-state index in [9.17, 15) is 18.4 Å². The molecule has 0 saturated heterocycles. The first-order chi connectivity index (χ1) is 14.4. The highest BCUT2D eigenvalue weighted by molar-refractivity contribution is 6.11. The summed E-state index contributed by atoms with van der Waals surface area (Å²) in [6, 6.07) is 13.3. The Hall–Kier alpha value is -3.61. The van der Waals surface area contributed by atoms with E-state index in [4.69, 9.17) is 0 Å². The Bertz CT molecular complexity index is 1120. The number of hydrogen-bond acceptors (Lipinski definition) is 3. The number of benzene rings is 2. The largest absolute Gasteiger partial charge is 0.352 e. The lowest BCUT2D eigenvalue weighted by atomic mass is 10.1. The fraction of sp³-hybridized carbons (Fsp3) is 0.174. The number of hydrogen-bond donors (Lipinski definition) is 1. The van der Waals surface area contributed by atoms with Gasteiger partial charge in [0.05, 0.1) is 23.7 Å². The average Bonchev–Trinajstić information content (AvgIpc) is 3.01. The minimum absolute atomic E-state index is 0.0550. The fourth-order valence-corrected chi connectivity index (χ4v) is 3.57. The molecule has 7 heteroatoms. The second-order valence-corrected chi connectivity index (χ2v) is 7.18. The number of aromatic nitrogens is 1. The van der Waals surface area contributed by atoms with Crippen molar-refractivity contribution in [2.24, 2.45) is 0 Å². The van der Waals surface area contributed by atoms with E-state index < -0.39 is 23.6 Å². The number of nitrogens with one attached hydrogen (secondary N) is 1. The summed E-state index contributed by atoms with van der Waals surface area (Å²) in [5, 5.41) is 2.61. The van der Waals surface area contributed by atoms with Crippen molar-refractivity contribution in [2.75, 3.05) is 4.90 Å². The molecular weight excluding hydrogens is 388 g/mol. The third-order valence-electron chi connectivity index (χ3n) is 5.09. The molecule has 0 spiro atoms. The number of fused-ring (bicyclic) bond motifs is 1. The minimum Gasteiger partial charge on any atom is -0.352 e. The molecule has 1 atom stereocenters. The number of pyridine rings is 1. The lowest BCUT2D eigenvalue weighted by Gasteiger charge is -2.24. The van der Waals surface area contributed by atoms with Gasteiger partial charge in [-0.2, -0.15) is 0 Å². The van der Waals surface area contributed by atoms with Crippen LogP contribution in [0.1, 0.15) is 39.6 Å². The van der Waals surface area contributed by atoms with Crippen molar-refractivity contribution in [1.29, 1.82) is 0 Å². The van der Waals surface area contributed by atoms with Crippen LogP contribution < -0.4 is 10.2 Å². The van der Waals surface area contributed by atoms with Crippen LogP contribution in [0.3, 0.4) is 0 Å². The maximum Gasteiger partial charge on any atom is 0.260 e. The molecule has 1 unspecified atom stereocenters. The zero-order valence-corrected chi connectivity index (χ0v) is 16.2. The number of halogens is 2. The lowest BCUT2D eigenvalue weighted by Crippen LogP contribution is -2.33. The van der Waals surface area contributed by atoms with Crippen molar-refractivity contribution in [3.8, 4) is 0 Å². The van der Waals surface area contributed by atoms with Gasteiger partial charge in [-0.05, 0) is 49.4 Å². The van der Waals surface area contributed by atoms with E-state index in [1.54, 1.807) is 23.2 Å². The molecular formula is C23H19F2N3O2. The summed E-state index contributed by atoms with van der Waals surface area (Å²) in [5.41, 5.74) is 2.74. The molecule has 5 nitrogen and oxygen atoms in total. The predicted octanol–water partition coefficient (Wildman–Crippen LogP) is 4.08. The highest BCUT2D eigenvalue weighted by atomic mass is 19.1. The van der Waals surface area contributed by atoms with Gasteiger partial charge in [0.2, 0.25) is 5.91 Å². The monoisotopic (exact) mass is 407 g/mol. The standard InChI is InChI=1S/C23H19F2N3O2/c1-14-4-7-17(8-5-14)28-20(22-18(23(28)30)3-2-10-26-22)12-21(29)27-13-15-11-16(24)6-9-19(15)25/h2-11,20H,12-13H2,1H3,(H,27,29). The van der Waals surface area contributed by atoms with Gasteiger partial charge < -0.3 is 5.32 Å². The quantitative estimate of drug-likeness (QED) is 0.693. The van der Waals surface area contributed by atoms with Crippen LogP contribution in [0.4, 0.5) is 14.5 Å². The van der Waals surface area contributed by atoms with Crippen LogP contribution in [0, 0.1) is 18.6 Å². The molecule has 4 rings (SSSR count). The summed E-state index contributed by atoms with van der Waals surface area (Å²) >= 11 is 0. The summed E-state index contributed by atoms with van der Waals surface area (Å²) in [7, 11) is 0. The van der Waals surface area contributed by atoms with Crippen molar-refractivity contribution in [3.63, 3.8) is 0 Å². The highest BCUT2D eigenvalue weighted by Crippen LogP contribution is 2.38. The number of aryl methyl sites for hydroxylation is 1. The van der Waals surface area contributed by atoms with Gasteiger partial charge in [0.15, 0.2) is 0 Å². The number of rotatable bonds is 5. The normalized spacial score (nSPS) is 15.2. The van der Waals surface area contributed by atoms with Crippen LogP contribution in [0.25, 0.3) is 0 Å². The zero-order valence-electron chi connectivity index (χ0n) is 16.2. The molecule has 2 amide bonds. The molecule has 0 radical (unpaired) electrons. The predicted molar refractivity (Wildman–Crippen MR) is 108 cm³/mol. The smallest absolute Gasteiger partial charge is 0.260 e. The van der Waals surface area contributed by atoms with Crippen LogP contribution >= 0.6 is 0 Å². The molecule has 0 saturated carbocycles. The van der Waals surface area contributed by atoms with Gasteiger partial charge >= 0.3 is 0 Å². The summed E-state index contributed by atoms with van der Waals surface area (Å²) in [4.78, 5) is 31.5. The Morgan fingerprint density at radius 3 is 2.67 bits per heavy atom. The first-order valence-electron chi connectivity index (χ1n) is 9.50. The second kappa shape index (κ2) is 8.02. The average molecular weight is 407 g/mol. The summed E-state index contributed by atoms with van der Waals surface area (Å²) in [5.74, 6) is -1.80. The Morgan fingerprint density at radius 1 is 1.13 bits per heavy atom. The maximum atomic E-state index is 13.8. The van der Waals surface area contributed by atoms with E-state index in [-0.39, 0.29) is 24.4 Å². The molecule has 1 aromatic heterocycles. The van der Waals surface area contributed by atoms with Crippen LogP contribution in [0.2, 0.25) is 0 Å². The first kappa shape index (κ1) is 19.7. The summed E-state index contributed by atoms with van der Waals surface area (Å²) in [6.07, 6.45) is 1.53. The van der Waals surface area contributed by atoms with E-state index in [0.29, 0.717) is 16.9 Å². The Morgan fingerprint density at radius 2 is 1.90 bits per heavy atom. The summed E-state index contributed by atoms with van der Waals surface area (Å²) in [6.45, 7) is 1.80. The molecule has 1 N–H and O–H groups in total. The summed E-state index contributed by atoms with van der Waals surface area (Å²) < 4.78 is 27.2. The number of carbonyl (C=O) groups is 2. The minimum atomic E-state index is -0.596. The van der Waals surface area contributed by atoms with E-state index in [0.717, 1.165) is 23.8 Å². The van der Waals surface area contributed by atoms with Gasteiger partial charge in [-0.25, -0.2) is 8.78 Å². The van der Waals surface area contributed by atoms with Gasteiger partial charge in [-0.3, -0.25) is 19.5 Å². The SMILES string of the molecule is Cc1ccc(N2C(=O)c3cccnc3C2CC(=O)NCc2cc(F)ccc2F)cc1. The molecule has 0 fully saturated rings. The number of carbonyl (C=O) groups excluding carboxylic acids is 2. The van der Waals surface area contributed by atoms with E-state index in [2.05, 4.69) is 10.3 Å². The van der Waals surface area contributed by atoms with Crippen molar-refractivity contribution in [3.05, 3.63) is 94.8 Å². The third kappa shape index (κ3) is 3.78. The van der Waals surface area contributed by atoms with Crippen molar-refractivity contribution in [2.45, 2.75) is 25.9 Å². The second-order valence-electron chi connectivity index (χ2n) is 7.18. The van der Waals surface area contributed by atoms with Gasteiger partial charge in [0.1, 0.15) is 11.6 Å². The van der Waals surface area contributed by atoms with Crippen LogP contribution in [0.15, 0.2) is 60.8 Å².